The molecule has 2 unspecified atom stereocenters. The fourth-order valence-corrected chi connectivity index (χ4v) is 1.41. The maximum Gasteiger partial charge on any atom is 0.332 e. The molecule has 0 spiro atoms. The Morgan fingerprint density at radius 1 is 1.35 bits per heavy atom. The van der Waals surface area contributed by atoms with E-state index in [4.69, 9.17) is 23.7 Å². The molecule has 2 atom stereocenters. The summed E-state index contributed by atoms with van der Waals surface area (Å²) in [6.45, 7) is 5.12. The van der Waals surface area contributed by atoms with Gasteiger partial charge in [0.15, 0.2) is 0 Å². The minimum Gasteiger partial charge on any atom is -0.461 e. The largest absolute Gasteiger partial charge is 0.461 e. The predicted octanol–water partition coefficient (Wildman–Crippen LogP) is 0.854. The molecule has 1 fully saturated rings. The van der Waals surface area contributed by atoms with Gasteiger partial charge in [-0.2, -0.15) is 0 Å². The lowest BCUT2D eigenvalue weighted by Crippen LogP contribution is -2.24. The zero-order valence-electron chi connectivity index (χ0n) is 12.1. The van der Waals surface area contributed by atoms with Crippen LogP contribution in [0.1, 0.15) is 27.2 Å². The molecule has 0 bridgehead atoms. The summed E-state index contributed by atoms with van der Waals surface area (Å²) in [6, 6.07) is 0. The second-order valence-corrected chi connectivity index (χ2v) is 4.91. The lowest BCUT2D eigenvalue weighted by Gasteiger charge is -2.11. The number of carbonyl (C=O) groups excluding carboxylic acids is 2. The summed E-state index contributed by atoms with van der Waals surface area (Å²) in [4.78, 5) is 22.1. The smallest absolute Gasteiger partial charge is 0.332 e. The van der Waals surface area contributed by atoms with E-state index in [-0.39, 0.29) is 19.8 Å². The van der Waals surface area contributed by atoms with E-state index in [9.17, 15) is 9.59 Å². The van der Waals surface area contributed by atoms with Gasteiger partial charge in [-0.3, -0.25) is 4.79 Å². The molecular formula is C13H22O7. The first-order valence-corrected chi connectivity index (χ1v) is 6.65. The van der Waals surface area contributed by atoms with Crippen LogP contribution in [0, 0.1) is 5.92 Å². The van der Waals surface area contributed by atoms with E-state index in [0.717, 1.165) is 6.42 Å². The summed E-state index contributed by atoms with van der Waals surface area (Å²) < 4.78 is 25.1. The molecule has 1 heterocycles. The van der Waals surface area contributed by atoms with E-state index in [1.165, 1.54) is 6.92 Å². The predicted molar refractivity (Wildman–Crippen MR) is 67.6 cm³/mol. The van der Waals surface area contributed by atoms with Crippen LogP contribution in [0.3, 0.4) is 0 Å². The van der Waals surface area contributed by atoms with Crippen molar-refractivity contribution in [2.45, 2.75) is 39.8 Å². The monoisotopic (exact) mass is 290 g/mol. The maximum atomic E-state index is 11.4. The Bertz CT molecular complexity index is 316. The van der Waals surface area contributed by atoms with Gasteiger partial charge < -0.3 is 23.7 Å². The first-order valence-electron chi connectivity index (χ1n) is 6.65. The third-order valence-corrected chi connectivity index (χ3v) is 2.47. The van der Waals surface area contributed by atoms with Gasteiger partial charge in [0.05, 0.1) is 6.61 Å². The van der Waals surface area contributed by atoms with Gasteiger partial charge in [0.1, 0.15) is 19.3 Å². The molecule has 0 aromatic carbocycles. The van der Waals surface area contributed by atoms with Gasteiger partial charge in [0, 0.05) is 13.5 Å². The zero-order valence-corrected chi connectivity index (χ0v) is 12.1. The van der Waals surface area contributed by atoms with Crippen molar-refractivity contribution >= 4 is 11.9 Å². The molecule has 1 aliphatic heterocycles. The second kappa shape index (κ2) is 8.89. The van der Waals surface area contributed by atoms with E-state index >= 15 is 0 Å². The molecular weight excluding hydrogens is 268 g/mol. The van der Waals surface area contributed by atoms with Crippen molar-refractivity contribution in [1.29, 1.82) is 0 Å². The van der Waals surface area contributed by atoms with Gasteiger partial charge in [-0.25, -0.2) is 4.79 Å². The highest BCUT2D eigenvalue weighted by Crippen LogP contribution is 2.13. The number of esters is 2. The molecule has 0 amide bonds. The number of rotatable bonds is 8. The third kappa shape index (κ3) is 7.42. The van der Waals surface area contributed by atoms with Crippen LogP contribution in [0.4, 0.5) is 0 Å². The van der Waals surface area contributed by atoms with Gasteiger partial charge in [-0.15, -0.1) is 0 Å². The molecule has 1 saturated heterocycles. The minimum atomic E-state index is -1.02. The van der Waals surface area contributed by atoms with Gasteiger partial charge >= 0.3 is 18.4 Å². The molecule has 0 aliphatic carbocycles. The molecule has 0 N–H and O–H groups in total. The Balaban J connectivity index is 2.05. The van der Waals surface area contributed by atoms with E-state index in [2.05, 4.69) is 13.8 Å². The lowest BCUT2D eigenvalue weighted by atomic mass is 10.1. The minimum absolute atomic E-state index is 0.0458. The Labute approximate surface area is 118 Å². The first-order chi connectivity index (χ1) is 9.47. The normalized spacial score (nSPS) is 22.0. The third-order valence-electron chi connectivity index (χ3n) is 2.47. The number of carbonyl (C=O) groups is 2. The molecule has 0 saturated carbocycles. The molecule has 116 valence electrons. The average molecular weight is 290 g/mol. The van der Waals surface area contributed by atoms with Crippen molar-refractivity contribution in [3.63, 3.8) is 0 Å². The molecule has 0 radical (unpaired) electrons. The first kappa shape index (κ1) is 16.9. The maximum absolute atomic E-state index is 11.4. The van der Waals surface area contributed by atoms with E-state index in [1.54, 1.807) is 0 Å². The average Bonchev–Trinajstić information content (AvgIpc) is 2.78. The number of hydrogen-bond acceptors (Lipinski definition) is 7. The standard InChI is InChI=1S/C13H22O7/c1-9(2)4-5-16-8-12(15)17-6-11-7-18-13(20-11)19-10(3)14/h9,11,13H,4-8H2,1-3H3. The molecule has 7 nitrogen and oxygen atoms in total. The summed E-state index contributed by atoms with van der Waals surface area (Å²) in [7, 11) is 0. The molecule has 1 rings (SSSR count). The molecule has 7 heteroatoms. The van der Waals surface area contributed by atoms with Gasteiger partial charge in [0.25, 0.3) is 0 Å². The van der Waals surface area contributed by atoms with Gasteiger partial charge in [-0.1, -0.05) is 13.8 Å². The van der Waals surface area contributed by atoms with Gasteiger partial charge in [-0.05, 0) is 12.3 Å². The highest BCUT2D eigenvalue weighted by molar-refractivity contribution is 5.70. The van der Waals surface area contributed by atoms with Crippen LogP contribution in [-0.4, -0.2) is 50.9 Å². The fourth-order valence-electron chi connectivity index (χ4n) is 1.41. The van der Waals surface area contributed by atoms with Crippen LogP contribution in [0.2, 0.25) is 0 Å². The summed E-state index contributed by atoms with van der Waals surface area (Å²) in [5.41, 5.74) is 0. The highest BCUT2D eigenvalue weighted by atomic mass is 16.9. The summed E-state index contributed by atoms with van der Waals surface area (Å²) in [5, 5.41) is 0. The molecule has 0 aromatic heterocycles. The van der Waals surface area contributed by atoms with Crippen molar-refractivity contribution in [3.8, 4) is 0 Å². The quantitative estimate of drug-likeness (QED) is 0.484. The Kier molecular flexibility index (Phi) is 7.50. The van der Waals surface area contributed by atoms with Crippen LogP contribution in [0.25, 0.3) is 0 Å². The highest BCUT2D eigenvalue weighted by Gasteiger charge is 2.29. The zero-order chi connectivity index (χ0) is 15.0. The van der Waals surface area contributed by atoms with Crippen molar-refractivity contribution < 1.29 is 33.3 Å². The SMILES string of the molecule is CC(=O)OC1OCC(COC(=O)COCCC(C)C)O1. The Morgan fingerprint density at radius 3 is 2.75 bits per heavy atom. The summed E-state index contributed by atoms with van der Waals surface area (Å²) in [5.74, 6) is -0.409. The number of ether oxygens (including phenoxy) is 5. The fraction of sp³-hybridized carbons (Fsp3) is 0.846. The van der Waals surface area contributed by atoms with Crippen molar-refractivity contribution in [2.75, 3.05) is 26.4 Å². The van der Waals surface area contributed by atoms with E-state index in [0.29, 0.717) is 12.5 Å². The van der Waals surface area contributed by atoms with Crippen LogP contribution < -0.4 is 0 Å². The summed E-state index contributed by atoms with van der Waals surface area (Å²) >= 11 is 0. The molecule has 20 heavy (non-hydrogen) atoms. The van der Waals surface area contributed by atoms with Gasteiger partial charge in [0.2, 0.25) is 0 Å². The summed E-state index contributed by atoms with van der Waals surface area (Å²) in [6.07, 6.45) is 0.468. The van der Waals surface area contributed by atoms with Crippen molar-refractivity contribution in [2.24, 2.45) is 5.92 Å². The number of hydrogen-bond donors (Lipinski definition) is 0. The van der Waals surface area contributed by atoms with E-state index in [1.807, 2.05) is 0 Å². The van der Waals surface area contributed by atoms with Crippen molar-refractivity contribution in [1.82, 2.24) is 0 Å². The Hall–Kier alpha value is -1.18. The Morgan fingerprint density at radius 2 is 2.10 bits per heavy atom. The topological polar surface area (TPSA) is 80.3 Å². The molecule has 1 aliphatic rings. The second-order valence-electron chi connectivity index (χ2n) is 4.91. The van der Waals surface area contributed by atoms with Crippen LogP contribution >= 0.6 is 0 Å². The van der Waals surface area contributed by atoms with Crippen molar-refractivity contribution in [3.05, 3.63) is 0 Å². The van der Waals surface area contributed by atoms with Crippen LogP contribution in [-0.2, 0) is 33.3 Å². The molecule has 0 aromatic rings. The van der Waals surface area contributed by atoms with Crippen LogP contribution in [0.15, 0.2) is 0 Å². The van der Waals surface area contributed by atoms with E-state index < -0.39 is 24.5 Å². The lowest BCUT2D eigenvalue weighted by molar-refractivity contribution is -0.232. The van der Waals surface area contributed by atoms with Crippen LogP contribution in [0.5, 0.6) is 0 Å².